The summed E-state index contributed by atoms with van der Waals surface area (Å²) in [5, 5.41) is 6.80. The molecule has 7 nitrogen and oxygen atoms in total. The van der Waals surface area contributed by atoms with Crippen molar-refractivity contribution in [1.82, 2.24) is 10.1 Å². The zero-order valence-corrected chi connectivity index (χ0v) is 14.7. The van der Waals surface area contributed by atoms with E-state index in [1.54, 1.807) is 12.1 Å². The van der Waals surface area contributed by atoms with Crippen LogP contribution >= 0.6 is 0 Å². The molecule has 0 unspecified atom stereocenters. The number of hydrogen-bond donors (Lipinski definition) is 1. The lowest BCUT2D eigenvalue weighted by atomic mass is 9.96. The maximum absolute atomic E-state index is 13.5. The van der Waals surface area contributed by atoms with Gasteiger partial charge in [-0.25, -0.2) is 4.39 Å². The van der Waals surface area contributed by atoms with Crippen LogP contribution < -0.4 is 10.1 Å². The van der Waals surface area contributed by atoms with E-state index in [1.807, 2.05) is 0 Å². The zero-order chi connectivity index (χ0) is 18.8. The normalized spacial score (nSPS) is 16.4. The number of carbonyl (C=O) groups is 2. The third-order valence-corrected chi connectivity index (χ3v) is 4.99. The van der Waals surface area contributed by atoms with Crippen molar-refractivity contribution in [3.8, 4) is 5.75 Å². The van der Waals surface area contributed by atoms with Crippen molar-refractivity contribution in [2.45, 2.75) is 25.7 Å². The number of para-hydroxylation sites is 1. The van der Waals surface area contributed by atoms with Crippen LogP contribution in [0.2, 0.25) is 0 Å². The molecule has 2 amide bonds. The Hall–Kier alpha value is -2.90. The molecule has 1 saturated heterocycles. The Morgan fingerprint density at radius 1 is 1.26 bits per heavy atom. The van der Waals surface area contributed by atoms with E-state index in [1.165, 1.54) is 17.0 Å². The number of hydrogen-bond acceptors (Lipinski definition) is 5. The Morgan fingerprint density at radius 2 is 2.04 bits per heavy atom. The first-order valence-electron chi connectivity index (χ1n) is 9.05. The second-order valence-electron chi connectivity index (χ2n) is 6.85. The smallest absolute Gasteiger partial charge is 0.260 e. The van der Waals surface area contributed by atoms with Crippen molar-refractivity contribution < 1.29 is 23.2 Å². The van der Waals surface area contributed by atoms with Gasteiger partial charge in [0.25, 0.3) is 5.91 Å². The molecule has 1 aromatic carbocycles. The summed E-state index contributed by atoms with van der Waals surface area (Å²) < 4.78 is 24.0. The molecule has 27 heavy (non-hydrogen) atoms. The van der Waals surface area contributed by atoms with Crippen molar-refractivity contribution in [2.75, 3.05) is 25.0 Å². The SMILES string of the molecule is O=C(Nc1onc2c1CCCC2)C1CN(C(=O)COc2ccccc2F)C1. The van der Waals surface area contributed by atoms with Crippen LogP contribution in [0.1, 0.15) is 24.1 Å². The summed E-state index contributed by atoms with van der Waals surface area (Å²) in [5.41, 5.74) is 1.91. The van der Waals surface area contributed by atoms with Gasteiger partial charge in [-0.3, -0.25) is 14.9 Å². The number of fused-ring (bicyclic) bond motifs is 1. The average Bonchev–Trinajstić information content (AvgIpc) is 3.03. The molecule has 2 aliphatic rings. The summed E-state index contributed by atoms with van der Waals surface area (Å²) >= 11 is 0. The van der Waals surface area contributed by atoms with E-state index in [0.29, 0.717) is 19.0 Å². The van der Waals surface area contributed by atoms with Crippen molar-refractivity contribution in [1.29, 1.82) is 0 Å². The maximum Gasteiger partial charge on any atom is 0.260 e. The van der Waals surface area contributed by atoms with Crippen molar-refractivity contribution in [3.63, 3.8) is 0 Å². The van der Waals surface area contributed by atoms with Crippen LogP contribution in [0, 0.1) is 11.7 Å². The molecule has 2 heterocycles. The van der Waals surface area contributed by atoms with Gasteiger partial charge in [0, 0.05) is 18.7 Å². The Morgan fingerprint density at radius 3 is 2.85 bits per heavy atom. The highest BCUT2D eigenvalue weighted by Gasteiger charge is 2.36. The number of aryl methyl sites for hydroxylation is 1. The minimum Gasteiger partial charge on any atom is -0.481 e. The van der Waals surface area contributed by atoms with Gasteiger partial charge in [-0.1, -0.05) is 17.3 Å². The molecule has 2 aromatic rings. The van der Waals surface area contributed by atoms with Crippen LogP contribution in [0.4, 0.5) is 10.3 Å². The average molecular weight is 373 g/mol. The van der Waals surface area contributed by atoms with Crippen LogP contribution in [0.25, 0.3) is 0 Å². The number of halogens is 1. The fourth-order valence-corrected chi connectivity index (χ4v) is 3.34. The second kappa shape index (κ2) is 7.38. The highest BCUT2D eigenvalue weighted by Crippen LogP contribution is 2.28. The predicted molar refractivity (Wildman–Crippen MR) is 93.7 cm³/mol. The quantitative estimate of drug-likeness (QED) is 0.868. The summed E-state index contributed by atoms with van der Waals surface area (Å²) in [6, 6.07) is 5.92. The molecule has 1 aliphatic heterocycles. The minimum absolute atomic E-state index is 0.0377. The van der Waals surface area contributed by atoms with Gasteiger partial charge in [0.05, 0.1) is 11.6 Å². The largest absolute Gasteiger partial charge is 0.481 e. The van der Waals surface area contributed by atoms with Crippen molar-refractivity contribution >= 4 is 17.7 Å². The van der Waals surface area contributed by atoms with Crippen molar-refractivity contribution in [2.24, 2.45) is 5.92 Å². The molecule has 0 radical (unpaired) electrons. The first-order chi connectivity index (χ1) is 13.1. The van der Waals surface area contributed by atoms with Gasteiger partial charge in [-0.2, -0.15) is 0 Å². The van der Waals surface area contributed by atoms with Gasteiger partial charge >= 0.3 is 0 Å². The number of likely N-dealkylation sites (tertiary alicyclic amines) is 1. The Balaban J connectivity index is 1.25. The first-order valence-corrected chi connectivity index (χ1v) is 9.05. The van der Waals surface area contributed by atoms with Crippen LogP contribution in [0.15, 0.2) is 28.8 Å². The van der Waals surface area contributed by atoms with Crippen LogP contribution in [0.3, 0.4) is 0 Å². The van der Waals surface area contributed by atoms with E-state index in [4.69, 9.17) is 9.26 Å². The number of anilines is 1. The van der Waals surface area contributed by atoms with Crippen LogP contribution in [-0.4, -0.2) is 41.6 Å². The number of nitrogens with zero attached hydrogens (tertiary/aromatic N) is 2. The lowest BCUT2D eigenvalue weighted by molar-refractivity contribution is -0.143. The van der Waals surface area contributed by atoms with Gasteiger partial charge in [-0.05, 0) is 37.8 Å². The number of aromatic nitrogens is 1. The second-order valence-corrected chi connectivity index (χ2v) is 6.85. The third-order valence-electron chi connectivity index (χ3n) is 4.99. The third kappa shape index (κ3) is 3.65. The lowest BCUT2D eigenvalue weighted by Crippen LogP contribution is -2.55. The lowest BCUT2D eigenvalue weighted by Gasteiger charge is -2.37. The topological polar surface area (TPSA) is 84.7 Å². The summed E-state index contributed by atoms with van der Waals surface area (Å²) in [4.78, 5) is 26.0. The van der Waals surface area contributed by atoms with E-state index in [0.717, 1.165) is 36.9 Å². The number of rotatable bonds is 5. The molecule has 0 bridgehead atoms. The van der Waals surface area contributed by atoms with E-state index < -0.39 is 5.82 Å². The fraction of sp³-hybridized carbons (Fsp3) is 0.421. The number of ether oxygens (including phenoxy) is 1. The molecule has 1 aromatic heterocycles. The van der Waals surface area contributed by atoms with E-state index in [2.05, 4.69) is 10.5 Å². The van der Waals surface area contributed by atoms with E-state index >= 15 is 0 Å². The highest BCUT2D eigenvalue weighted by atomic mass is 19.1. The molecule has 0 saturated carbocycles. The summed E-state index contributed by atoms with van der Waals surface area (Å²) in [6.07, 6.45) is 3.88. The number of benzene rings is 1. The zero-order valence-electron chi connectivity index (χ0n) is 14.7. The minimum atomic E-state index is -0.512. The summed E-state index contributed by atoms with van der Waals surface area (Å²) in [5.74, 6) is -0.802. The maximum atomic E-state index is 13.5. The summed E-state index contributed by atoms with van der Waals surface area (Å²) in [6.45, 7) is 0.355. The van der Waals surface area contributed by atoms with E-state index in [-0.39, 0.29) is 30.1 Å². The molecular formula is C19H20FN3O4. The molecule has 4 rings (SSSR count). The van der Waals surface area contributed by atoms with E-state index in [9.17, 15) is 14.0 Å². The molecule has 0 spiro atoms. The summed E-state index contributed by atoms with van der Waals surface area (Å²) in [7, 11) is 0. The number of nitrogens with one attached hydrogen (secondary N) is 1. The van der Waals surface area contributed by atoms with Crippen LogP contribution in [0.5, 0.6) is 5.75 Å². The van der Waals surface area contributed by atoms with Crippen molar-refractivity contribution in [3.05, 3.63) is 41.3 Å². The van der Waals surface area contributed by atoms with Gasteiger partial charge in [-0.15, -0.1) is 0 Å². The van der Waals surface area contributed by atoms with Crippen LogP contribution in [-0.2, 0) is 22.4 Å². The van der Waals surface area contributed by atoms with Gasteiger partial charge in [0.15, 0.2) is 18.2 Å². The first kappa shape index (κ1) is 17.5. The van der Waals surface area contributed by atoms with Gasteiger partial charge in [0.1, 0.15) is 0 Å². The Labute approximate surface area is 155 Å². The molecule has 1 N–H and O–H groups in total. The number of carbonyl (C=O) groups excluding carboxylic acids is 2. The number of amides is 2. The molecular weight excluding hydrogens is 353 g/mol. The predicted octanol–water partition coefficient (Wildman–Crippen LogP) is 2.17. The Bertz CT molecular complexity index is 860. The molecule has 8 heteroatoms. The Kier molecular flexibility index (Phi) is 4.79. The fourth-order valence-electron chi connectivity index (χ4n) is 3.34. The molecule has 142 valence electrons. The molecule has 1 fully saturated rings. The highest BCUT2D eigenvalue weighted by molar-refractivity contribution is 5.94. The molecule has 1 aliphatic carbocycles. The monoisotopic (exact) mass is 373 g/mol. The standard InChI is InChI=1S/C19H20FN3O4/c20-14-6-2-4-8-16(14)26-11-17(24)23-9-12(10-23)18(25)21-19-13-5-1-3-7-15(13)22-27-19/h2,4,6,8,12H,1,3,5,7,9-11H2,(H,21,25). The van der Waals surface area contributed by atoms with Gasteiger partial charge in [0.2, 0.25) is 11.8 Å². The molecule has 0 atom stereocenters. The van der Waals surface area contributed by atoms with Gasteiger partial charge < -0.3 is 14.2 Å².